The van der Waals surface area contributed by atoms with E-state index in [2.05, 4.69) is 11.4 Å². The highest BCUT2D eigenvalue weighted by Crippen LogP contribution is 2.29. The van der Waals surface area contributed by atoms with Gasteiger partial charge in [-0.1, -0.05) is 12.8 Å². The maximum Gasteiger partial charge on any atom is 0.133 e. The fourth-order valence-corrected chi connectivity index (χ4v) is 2.11. The molecule has 0 saturated heterocycles. The van der Waals surface area contributed by atoms with Crippen LogP contribution < -0.4 is 5.32 Å². The van der Waals surface area contributed by atoms with Gasteiger partial charge in [0.25, 0.3) is 0 Å². The van der Waals surface area contributed by atoms with Crippen molar-refractivity contribution in [1.82, 2.24) is 5.32 Å². The van der Waals surface area contributed by atoms with Gasteiger partial charge >= 0.3 is 0 Å². The molecule has 0 aromatic rings. The van der Waals surface area contributed by atoms with Crippen molar-refractivity contribution in [3.05, 3.63) is 0 Å². The van der Waals surface area contributed by atoms with Crippen LogP contribution in [0.4, 0.5) is 0 Å². The van der Waals surface area contributed by atoms with Crippen molar-refractivity contribution in [3.8, 4) is 6.07 Å². The molecule has 0 heterocycles. The fourth-order valence-electron chi connectivity index (χ4n) is 2.11. The normalized spacial score (nSPS) is 32.5. The minimum absolute atomic E-state index is 0.0483. The zero-order chi connectivity index (χ0) is 10.4. The van der Waals surface area contributed by atoms with Crippen LogP contribution >= 0.6 is 0 Å². The summed E-state index contributed by atoms with van der Waals surface area (Å²) in [5.74, 6) is 0. The van der Waals surface area contributed by atoms with Gasteiger partial charge in [0, 0.05) is 13.7 Å². The number of hydrogen-bond acceptors (Lipinski definition) is 4. The van der Waals surface area contributed by atoms with Gasteiger partial charge in [-0.2, -0.15) is 5.26 Å². The average Bonchev–Trinajstić information content (AvgIpc) is 2.26. The summed E-state index contributed by atoms with van der Waals surface area (Å²) in [7, 11) is 1.64. The molecule has 0 radical (unpaired) electrons. The fraction of sp³-hybridized carbons (Fsp3) is 0.900. The molecule has 4 nitrogen and oxygen atoms in total. The summed E-state index contributed by atoms with van der Waals surface area (Å²) in [6.07, 6.45) is 3.84. The second-order valence-electron chi connectivity index (χ2n) is 3.70. The largest absolute Gasteiger partial charge is 0.395 e. The van der Waals surface area contributed by atoms with E-state index in [9.17, 15) is 5.26 Å². The minimum Gasteiger partial charge on any atom is -0.395 e. The lowest BCUT2D eigenvalue weighted by Crippen LogP contribution is -2.56. The van der Waals surface area contributed by atoms with Crippen molar-refractivity contribution in [1.29, 1.82) is 5.26 Å². The molecule has 1 rings (SSSR count). The van der Waals surface area contributed by atoms with E-state index in [1.54, 1.807) is 7.11 Å². The third-order valence-corrected chi connectivity index (χ3v) is 2.87. The van der Waals surface area contributed by atoms with Crippen LogP contribution in [-0.4, -0.2) is 37.0 Å². The van der Waals surface area contributed by atoms with Gasteiger partial charge in [-0.3, -0.25) is 5.32 Å². The summed E-state index contributed by atoms with van der Waals surface area (Å²) >= 11 is 0. The van der Waals surface area contributed by atoms with Crippen LogP contribution in [0.15, 0.2) is 0 Å². The molecule has 80 valence electrons. The zero-order valence-electron chi connectivity index (χ0n) is 8.62. The second kappa shape index (κ2) is 5.30. The quantitative estimate of drug-likeness (QED) is 0.687. The van der Waals surface area contributed by atoms with Crippen LogP contribution in [0.1, 0.15) is 25.7 Å². The van der Waals surface area contributed by atoms with Gasteiger partial charge < -0.3 is 9.84 Å². The van der Waals surface area contributed by atoms with Crippen molar-refractivity contribution in [2.45, 2.75) is 37.3 Å². The third-order valence-electron chi connectivity index (χ3n) is 2.87. The summed E-state index contributed by atoms with van der Waals surface area (Å²) in [5.41, 5.74) is -0.588. The Morgan fingerprint density at radius 1 is 1.64 bits per heavy atom. The number of aliphatic hydroxyl groups is 1. The highest BCUT2D eigenvalue weighted by Gasteiger charge is 2.40. The third kappa shape index (κ3) is 2.24. The SMILES string of the molecule is COC1CCCCC1(C#N)NCCO. The molecule has 2 N–H and O–H groups in total. The van der Waals surface area contributed by atoms with Crippen molar-refractivity contribution >= 4 is 0 Å². The number of nitrogens with zero attached hydrogens (tertiary/aromatic N) is 1. The van der Waals surface area contributed by atoms with Crippen LogP contribution in [-0.2, 0) is 4.74 Å². The molecule has 1 saturated carbocycles. The maximum atomic E-state index is 9.20. The Hall–Kier alpha value is -0.630. The van der Waals surface area contributed by atoms with E-state index in [-0.39, 0.29) is 12.7 Å². The molecule has 2 unspecified atom stereocenters. The molecule has 0 aromatic heterocycles. The second-order valence-corrected chi connectivity index (χ2v) is 3.70. The lowest BCUT2D eigenvalue weighted by molar-refractivity contribution is 0.0115. The molecule has 0 aliphatic heterocycles. The molecule has 14 heavy (non-hydrogen) atoms. The highest BCUT2D eigenvalue weighted by atomic mass is 16.5. The number of aliphatic hydroxyl groups excluding tert-OH is 1. The first-order chi connectivity index (χ1) is 6.79. The number of hydrogen-bond donors (Lipinski definition) is 2. The van der Waals surface area contributed by atoms with Crippen molar-refractivity contribution in [2.24, 2.45) is 0 Å². The molecule has 1 fully saturated rings. The Morgan fingerprint density at radius 3 is 3.00 bits per heavy atom. The van der Waals surface area contributed by atoms with E-state index >= 15 is 0 Å². The molecule has 2 atom stereocenters. The van der Waals surface area contributed by atoms with E-state index in [1.165, 1.54) is 0 Å². The number of nitriles is 1. The number of methoxy groups -OCH3 is 1. The van der Waals surface area contributed by atoms with Gasteiger partial charge in [-0.05, 0) is 12.8 Å². The van der Waals surface area contributed by atoms with Crippen LogP contribution in [0.3, 0.4) is 0 Å². The van der Waals surface area contributed by atoms with Crippen molar-refractivity contribution in [3.63, 3.8) is 0 Å². The lowest BCUT2D eigenvalue weighted by Gasteiger charge is -2.38. The highest BCUT2D eigenvalue weighted by molar-refractivity contribution is 5.13. The van der Waals surface area contributed by atoms with Crippen LogP contribution in [0, 0.1) is 11.3 Å². The molecular formula is C10H18N2O2. The molecule has 1 aliphatic rings. The molecule has 0 amide bonds. The Kier molecular flexibility index (Phi) is 4.33. The first kappa shape index (κ1) is 11.4. The van der Waals surface area contributed by atoms with E-state index in [0.29, 0.717) is 6.54 Å². The number of nitrogens with one attached hydrogen (secondary N) is 1. The predicted octanol–water partition coefficient (Wildman–Crippen LogP) is 0.420. The monoisotopic (exact) mass is 198 g/mol. The molecular weight excluding hydrogens is 180 g/mol. The Bertz CT molecular complexity index is 215. The summed E-state index contributed by atoms with van der Waals surface area (Å²) in [6.45, 7) is 0.507. The Morgan fingerprint density at radius 2 is 2.43 bits per heavy atom. The van der Waals surface area contributed by atoms with E-state index < -0.39 is 5.54 Å². The predicted molar refractivity (Wildman–Crippen MR) is 52.7 cm³/mol. The van der Waals surface area contributed by atoms with Gasteiger partial charge in [0.1, 0.15) is 5.54 Å². The Balaban J connectivity index is 2.67. The van der Waals surface area contributed by atoms with E-state index in [4.69, 9.17) is 9.84 Å². The molecule has 1 aliphatic carbocycles. The van der Waals surface area contributed by atoms with Crippen LogP contribution in [0.25, 0.3) is 0 Å². The lowest BCUT2D eigenvalue weighted by atomic mass is 9.80. The standard InChI is InChI=1S/C10H18N2O2/c1-14-9-4-2-3-5-10(9,8-11)12-6-7-13/h9,12-13H,2-7H2,1H3. The smallest absolute Gasteiger partial charge is 0.133 e. The molecule has 4 heteroatoms. The van der Waals surface area contributed by atoms with Crippen LogP contribution in [0.5, 0.6) is 0 Å². The summed E-state index contributed by atoms with van der Waals surface area (Å²) in [5, 5.41) is 21.0. The number of rotatable bonds is 4. The van der Waals surface area contributed by atoms with Gasteiger partial charge in [0.15, 0.2) is 0 Å². The number of ether oxygens (including phenoxy) is 1. The Labute approximate surface area is 84.9 Å². The van der Waals surface area contributed by atoms with Crippen molar-refractivity contribution in [2.75, 3.05) is 20.3 Å². The van der Waals surface area contributed by atoms with E-state index in [0.717, 1.165) is 25.7 Å². The first-order valence-electron chi connectivity index (χ1n) is 5.09. The summed E-state index contributed by atoms with van der Waals surface area (Å²) < 4.78 is 5.33. The van der Waals surface area contributed by atoms with Crippen LogP contribution in [0.2, 0.25) is 0 Å². The van der Waals surface area contributed by atoms with E-state index in [1.807, 2.05) is 0 Å². The summed E-state index contributed by atoms with van der Waals surface area (Å²) in [4.78, 5) is 0. The van der Waals surface area contributed by atoms with Gasteiger partial charge in [0.2, 0.25) is 0 Å². The topological polar surface area (TPSA) is 65.3 Å². The molecule has 0 bridgehead atoms. The van der Waals surface area contributed by atoms with Gasteiger partial charge in [0.05, 0.1) is 18.8 Å². The minimum atomic E-state index is -0.588. The van der Waals surface area contributed by atoms with Gasteiger partial charge in [-0.25, -0.2) is 0 Å². The average molecular weight is 198 g/mol. The summed E-state index contributed by atoms with van der Waals surface area (Å²) in [6, 6.07) is 2.31. The zero-order valence-corrected chi connectivity index (χ0v) is 8.62. The van der Waals surface area contributed by atoms with Gasteiger partial charge in [-0.15, -0.1) is 0 Å². The van der Waals surface area contributed by atoms with Crippen molar-refractivity contribution < 1.29 is 9.84 Å². The first-order valence-corrected chi connectivity index (χ1v) is 5.09. The number of β-amino-alcohol motifs (C(OH)–C–C–N with tert-alkyl or cyclic N) is 1. The molecule has 0 spiro atoms. The maximum absolute atomic E-state index is 9.20. The molecule has 0 aromatic carbocycles.